The number of hydrogen-bond donors (Lipinski definition) is 2. The number of aryl methyl sites for hydroxylation is 2. The van der Waals surface area contributed by atoms with Gasteiger partial charge in [-0.3, -0.25) is 4.79 Å². The van der Waals surface area contributed by atoms with Crippen LogP contribution in [0.3, 0.4) is 0 Å². The summed E-state index contributed by atoms with van der Waals surface area (Å²) in [5, 5.41) is 13.6. The second-order valence-corrected chi connectivity index (χ2v) is 7.31. The minimum atomic E-state index is -1.03. The lowest BCUT2D eigenvalue weighted by Gasteiger charge is -2.06. The minimum absolute atomic E-state index is 0.120. The summed E-state index contributed by atoms with van der Waals surface area (Å²) < 4.78 is 0. The van der Waals surface area contributed by atoms with Crippen molar-refractivity contribution in [2.24, 2.45) is 0 Å². The number of hydrogen-bond acceptors (Lipinski definition) is 4. The van der Waals surface area contributed by atoms with Crippen LogP contribution in [0.2, 0.25) is 0 Å². The van der Waals surface area contributed by atoms with Crippen LogP contribution in [0.5, 0.6) is 0 Å². The van der Waals surface area contributed by atoms with E-state index in [9.17, 15) is 9.90 Å². The first-order valence-corrected chi connectivity index (χ1v) is 8.69. The summed E-state index contributed by atoms with van der Waals surface area (Å²) in [6, 6.07) is 7.04. The molecule has 0 fully saturated rings. The lowest BCUT2D eigenvalue weighted by atomic mass is 10.1. The number of aliphatic hydroxyl groups is 1. The van der Waals surface area contributed by atoms with Gasteiger partial charge in [0, 0.05) is 16.0 Å². The van der Waals surface area contributed by atoms with Crippen LogP contribution in [-0.4, -0.2) is 21.6 Å². The normalized spacial score (nSPS) is 10.9. The van der Waals surface area contributed by atoms with E-state index in [1.165, 1.54) is 0 Å². The molecule has 2 N–H and O–H groups in total. The van der Waals surface area contributed by atoms with Gasteiger partial charge in [0.25, 0.3) is 5.91 Å². The molecule has 0 saturated carbocycles. The summed E-state index contributed by atoms with van der Waals surface area (Å²) >= 11 is 1.62. The van der Waals surface area contributed by atoms with E-state index >= 15 is 0 Å². The summed E-state index contributed by atoms with van der Waals surface area (Å²) in [4.78, 5) is 17.8. The predicted molar refractivity (Wildman–Crippen MR) is 97.0 cm³/mol. The number of nitrogens with zero attached hydrogens (tertiary/aromatic N) is 1. The highest BCUT2D eigenvalue weighted by atomic mass is 32.1. The molecule has 2 aromatic rings. The molecule has 4 nitrogen and oxygen atoms in total. The van der Waals surface area contributed by atoms with E-state index in [1.807, 2.05) is 6.92 Å². The van der Waals surface area contributed by atoms with Gasteiger partial charge in [0.15, 0.2) is 0 Å². The lowest BCUT2D eigenvalue weighted by Crippen LogP contribution is -2.22. The number of thiazole rings is 1. The number of rotatable bonds is 4. The van der Waals surface area contributed by atoms with Crippen LogP contribution in [0.4, 0.5) is 0 Å². The van der Waals surface area contributed by atoms with Crippen LogP contribution in [0.25, 0.3) is 0 Å². The third kappa shape index (κ3) is 5.19. The standard InChI is InChI=1S/C19H22N2O2S/c1-5-16-17(24-13(2)21-16)12-20-18(22)15-8-6-14(7-9-15)10-11-19(3,4)23/h6-9,23H,5,12H2,1-4H3,(H,20,22). The third-order valence-electron chi connectivity index (χ3n) is 3.29. The first kappa shape index (κ1) is 18.2. The molecule has 0 aliphatic carbocycles. The molecule has 2 rings (SSSR count). The van der Waals surface area contributed by atoms with E-state index in [2.05, 4.69) is 29.1 Å². The van der Waals surface area contributed by atoms with Crippen LogP contribution >= 0.6 is 11.3 Å². The van der Waals surface area contributed by atoms with Crippen LogP contribution in [0.1, 0.15) is 52.3 Å². The molecule has 0 atom stereocenters. The molecule has 24 heavy (non-hydrogen) atoms. The van der Waals surface area contributed by atoms with Crippen molar-refractivity contribution in [1.82, 2.24) is 10.3 Å². The average molecular weight is 342 g/mol. The Morgan fingerprint density at radius 2 is 2.00 bits per heavy atom. The van der Waals surface area contributed by atoms with Crippen molar-refractivity contribution in [3.05, 3.63) is 51.0 Å². The highest BCUT2D eigenvalue weighted by Gasteiger charge is 2.10. The molecule has 1 heterocycles. The molecule has 0 unspecified atom stereocenters. The molecule has 0 saturated heterocycles. The molecule has 0 aliphatic rings. The first-order valence-electron chi connectivity index (χ1n) is 7.87. The van der Waals surface area contributed by atoms with Gasteiger partial charge >= 0.3 is 0 Å². The Hall–Kier alpha value is -2.16. The molecule has 0 radical (unpaired) electrons. The average Bonchev–Trinajstić information content (AvgIpc) is 2.90. The zero-order valence-electron chi connectivity index (χ0n) is 14.4. The van der Waals surface area contributed by atoms with Crippen molar-refractivity contribution >= 4 is 17.2 Å². The molecular formula is C19H22N2O2S. The lowest BCUT2D eigenvalue weighted by molar-refractivity contribution is 0.0951. The topological polar surface area (TPSA) is 62.2 Å². The Morgan fingerprint density at radius 1 is 1.33 bits per heavy atom. The summed E-state index contributed by atoms with van der Waals surface area (Å²) in [7, 11) is 0. The van der Waals surface area contributed by atoms with Gasteiger partial charge in [-0.15, -0.1) is 11.3 Å². The molecule has 0 aliphatic heterocycles. The molecule has 1 aromatic carbocycles. The summed E-state index contributed by atoms with van der Waals surface area (Å²) in [6.07, 6.45) is 0.865. The number of amides is 1. The monoisotopic (exact) mass is 342 g/mol. The molecular weight excluding hydrogens is 320 g/mol. The van der Waals surface area contributed by atoms with E-state index < -0.39 is 5.60 Å². The van der Waals surface area contributed by atoms with Crippen LogP contribution in [-0.2, 0) is 13.0 Å². The molecule has 0 bridgehead atoms. The number of carbonyl (C=O) groups is 1. The van der Waals surface area contributed by atoms with Gasteiger partial charge in [-0.1, -0.05) is 18.8 Å². The summed E-state index contributed by atoms with van der Waals surface area (Å²) in [5.41, 5.74) is 1.37. The van der Waals surface area contributed by atoms with E-state index in [0.29, 0.717) is 12.1 Å². The van der Waals surface area contributed by atoms with Gasteiger partial charge in [-0.05, 0) is 51.5 Å². The van der Waals surface area contributed by atoms with E-state index in [4.69, 9.17) is 0 Å². The van der Waals surface area contributed by atoms with Crippen LogP contribution < -0.4 is 5.32 Å². The zero-order valence-corrected chi connectivity index (χ0v) is 15.3. The first-order chi connectivity index (χ1) is 11.3. The van der Waals surface area contributed by atoms with Crippen molar-refractivity contribution in [2.45, 2.75) is 46.3 Å². The molecule has 126 valence electrons. The van der Waals surface area contributed by atoms with Crippen molar-refractivity contribution in [3.63, 3.8) is 0 Å². The fourth-order valence-corrected chi connectivity index (χ4v) is 3.08. The van der Waals surface area contributed by atoms with E-state index in [-0.39, 0.29) is 5.91 Å². The third-order valence-corrected chi connectivity index (χ3v) is 4.30. The van der Waals surface area contributed by atoms with Crippen molar-refractivity contribution in [3.8, 4) is 11.8 Å². The summed E-state index contributed by atoms with van der Waals surface area (Å²) in [6.45, 7) is 7.80. The number of benzene rings is 1. The Kier molecular flexibility index (Phi) is 5.76. The second kappa shape index (κ2) is 7.61. The van der Waals surface area contributed by atoms with Crippen molar-refractivity contribution in [2.75, 3.05) is 0 Å². The maximum Gasteiger partial charge on any atom is 0.251 e. The zero-order chi connectivity index (χ0) is 17.7. The predicted octanol–water partition coefficient (Wildman–Crippen LogP) is 3.07. The van der Waals surface area contributed by atoms with Gasteiger partial charge in [-0.2, -0.15) is 0 Å². The fraction of sp³-hybridized carbons (Fsp3) is 0.368. The summed E-state index contributed by atoms with van der Waals surface area (Å²) in [5.74, 6) is 5.52. The van der Waals surface area contributed by atoms with Gasteiger partial charge < -0.3 is 10.4 Å². The van der Waals surface area contributed by atoms with Gasteiger partial charge in [0.2, 0.25) is 0 Å². The van der Waals surface area contributed by atoms with E-state index in [1.54, 1.807) is 49.4 Å². The van der Waals surface area contributed by atoms with Crippen molar-refractivity contribution in [1.29, 1.82) is 0 Å². The Labute approximate surface area is 147 Å². The van der Waals surface area contributed by atoms with Gasteiger partial charge in [-0.25, -0.2) is 4.98 Å². The van der Waals surface area contributed by atoms with Crippen LogP contribution in [0.15, 0.2) is 24.3 Å². The van der Waals surface area contributed by atoms with Crippen LogP contribution in [0, 0.1) is 18.8 Å². The Morgan fingerprint density at radius 3 is 2.58 bits per heavy atom. The van der Waals surface area contributed by atoms with Gasteiger partial charge in [0.05, 0.1) is 17.2 Å². The molecule has 1 amide bonds. The van der Waals surface area contributed by atoms with E-state index in [0.717, 1.165) is 27.6 Å². The number of nitrogens with one attached hydrogen (secondary N) is 1. The van der Waals surface area contributed by atoms with Crippen molar-refractivity contribution < 1.29 is 9.90 Å². The number of aromatic nitrogens is 1. The Bertz CT molecular complexity index is 774. The quantitative estimate of drug-likeness (QED) is 0.840. The fourth-order valence-electron chi connectivity index (χ4n) is 2.12. The largest absolute Gasteiger partial charge is 0.378 e. The maximum absolute atomic E-state index is 12.2. The molecule has 0 spiro atoms. The van der Waals surface area contributed by atoms with Gasteiger partial charge in [0.1, 0.15) is 5.60 Å². The maximum atomic E-state index is 12.2. The highest BCUT2D eigenvalue weighted by Crippen LogP contribution is 2.18. The minimum Gasteiger partial charge on any atom is -0.378 e. The number of carbonyl (C=O) groups excluding carboxylic acids is 1. The smallest absolute Gasteiger partial charge is 0.251 e. The second-order valence-electron chi connectivity index (χ2n) is 6.03. The molecule has 1 aromatic heterocycles. The highest BCUT2D eigenvalue weighted by molar-refractivity contribution is 7.11. The molecule has 5 heteroatoms. The Balaban J connectivity index is 2.01. The SMILES string of the molecule is CCc1nc(C)sc1CNC(=O)c1ccc(C#CC(C)(C)O)cc1.